The summed E-state index contributed by atoms with van der Waals surface area (Å²) >= 11 is 1.75. The SMILES string of the molecule is Cl.O=C(c1ccccc1)N1CCN(C(=O)C2CSCN2)CC1. The Balaban J connectivity index is 0.00000176. The molecule has 0 saturated carbocycles. The van der Waals surface area contributed by atoms with E-state index in [1.54, 1.807) is 11.8 Å². The van der Waals surface area contributed by atoms with E-state index in [2.05, 4.69) is 5.32 Å². The van der Waals surface area contributed by atoms with Gasteiger partial charge in [0.15, 0.2) is 0 Å². The Labute approximate surface area is 140 Å². The maximum Gasteiger partial charge on any atom is 0.253 e. The molecular formula is C15H20ClN3O2S. The minimum atomic E-state index is -0.0497. The summed E-state index contributed by atoms with van der Waals surface area (Å²) in [7, 11) is 0. The van der Waals surface area contributed by atoms with Crippen LogP contribution in [0.25, 0.3) is 0 Å². The fourth-order valence-corrected chi connectivity index (χ4v) is 3.60. The summed E-state index contributed by atoms with van der Waals surface area (Å²) in [6.07, 6.45) is 0. The third-order valence-corrected chi connectivity index (χ3v) is 4.85. The van der Waals surface area contributed by atoms with Gasteiger partial charge in [0.05, 0.1) is 6.04 Å². The molecule has 1 N–H and O–H groups in total. The van der Waals surface area contributed by atoms with Crippen molar-refractivity contribution in [3.8, 4) is 0 Å². The van der Waals surface area contributed by atoms with Gasteiger partial charge in [-0.05, 0) is 12.1 Å². The van der Waals surface area contributed by atoms with E-state index in [4.69, 9.17) is 0 Å². The predicted molar refractivity (Wildman–Crippen MR) is 90.4 cm³/mol. The molecule has 1 unspecified atom stereocenters. The second kappa shape index (κ2) is 7.85. The van der Waals surface area contributed by atoms with Crippen LogP contribution in [0.1, 0.15) is 10.4 Å². The highest BCUT2D eigenvalue weighted by Gasteiger charge is 2.30. The third-order valence-electron chi connectivity index (χ3n) is 3.91. The van der Waals surface area contributed by atoms with Gasteiger partial charge >= 0.3 is 0 Å². The summed E-state index contributed by atoms with van der Waals surface area (Å²) in [6.45, 7) is 2.47. The van der Waals surface area contributed by atoms with E-state index >= 15 is 0 Å². The normalized spacial score (nSPS) is 21.4. The van der Waals surface area contributed by atoms with Crippen LogP contribution in [-0.2, 0) is 4.79 Å². The molecule has 0 aliphatic carbocycles. The van der Waals surface area contributed by atoms with Gasteiger partial charge in [0, 0.05) is 43.4 Å². The Morgan fingerprint density at radius 1 is 1.05 bits per heavy atom. The highest BCUT2D eigenvalue weighted by Crippen LogP contribution is 2.14. The molecule has 1 aromatic carbocycles. The van der Waals surface area contributed by atoms with Crippen molar-refractivity contribution in [3.63, 3.8) is 0 Å². The zero-order valence-electron chi connectivity index (χ0n) is 12.2. The average Bonchev–Trinajstić information content (AvgIpc) is 3.09. The van der Waals surface area contributed by atoms with E-state index in [1.807, 2.05) is 40.1 Å². The van der Waals surface area contributed by atoms with Crippen LogP contribution in [0.3, 0.4) is 0 Å². The van der Waals surface area contributed by atoms with Crippen molar-refractivity contribution in [2.24, 2.45) is 0 Å². The number of amides is 2. The first-order valence-corrected chi connectivity index (χ1v) is 8.35. The number of halogens is 1. The van der Waals surface area contributed by atoms with Crippen LogP contribution in [0, 0.1) is 0 Å². The van der Waals surface area contributed by atoms with Crippen LogP contribution in [0.15, 0.2) is 30.3 Å². The van der Waals surface area contributed by atoms with E-state index < -0.39 is 0 Å². The monoisotopic (exact) mass is 341 g/mol. The molecule has 7 heteroatoms. The zero-order valence-corrected chi connectivity index (χ0v) is 13.9. The van der Waals surface area contributed by atoms with Crippen molar-refractivity contribution < 1.29 is 9.59 Å². The zero-order chi connectivity index (χ0) is 14.7. The molecule has 2 saturated heterocycles. The number of carbonyl (C=O) groups is 2. The first kappa shape index (κ1) is 17.1. The van der Waals surface area contributed by atoms with Crippen molar-refractivity contribution in [2.75, 3.05) is 37.8 Å². The number of hydrogen-bond acceptors (Lipinski definition) is 4. The molecule has 0 bridgehead atoms. The Morgan fingerprint density at radius 2 is 1.68 bits per heavy atom. The standard InChI is InChI=1S/C15H19N3O2S.ClH/c19-14(12-4-2-1-3-5-12)17-6-8-18(9-7-17)15(20)13-10-21-11-16-13;/h1-5,13,16H,6-11H2;1H. The molecule has 2 aliphatic rings. The highest BCUT2D eigenvalue weighted by atomic mass is 35.5. The van der Waals surface area contributed by atoms with Crippen LogP contribution in [0.5, 0.6) is 0 Å². The molecule has 120 valence electrons. The predicted octanol–water partition coefficient (Wildman–Crippen LogP) is 1.06. The summed E-state index contributed by atoms with van der Waals surface area (Å²) in [5.74, 6) is 1.93. The van der Waals surface area contributed by atoms with Crippen LogP contribution in [0.2, 0.25) is 0 Å². The van der Waals surface area contributed by atoms with Gasteiger partial charge in [-0.15, -0.1) is 24.2 Å². The first-order valence-electron chi connectivity index (χ1n) is 7.20. The molecule has 5 nitrogen and oxygen atoms in total. The van der Waals surface area contributed by atoms with Gasteiger partial charge in [0.1, 0.15) is 0 Å². The minimum Gasteiger partial charge on any atom is -0.338 e. The van der Waals surface area contributed by atoms with Crippen LogP contribution < -0.4 is 5.32 Å². The molecule has 0 aromatic heterocycles. The fourth-order valence-electron chi connectivity index (χ4n) is 2.67. The van der Waals surface area contributed by atoms with Gasteiger partial charge in [-0.3, -0.25) is 14.9 Å². The number of thioether (sulfide) groups is 1. The first-order chi connectivity index (χ1) is 10.3. The molecule has 22 heavy (non-hydrogen) atoms. The number of rotatable bonds is 2. The Morgan fingerprint density at radius 3 is 2.27 bits per heavy atom. The third kappa shape index (κ3) is 3.74. The summed E-state index contributed by atoms with van der Waals surface area (Å²) in [4.78, 5) is 28.3. The van der Waals surface area contributed by atoms with E-state index in [-0.39, 0.29) is 30.3 Å². The number of nitrogens with zero attached hydrogens (tertiary/aromatic N) is 2. The van der Waals surface area contributed by atoms with Crippen molar-refractivity contribution in [1.82, 2.24) is 15.1 Å². The molecule has 1 aromatic rings. The van der Waals surface area contributed by atoms with Gasteiger partial charge in [-0.1, -0.05) is 18.2 Å². The molecule has 3 rings (SSSR count). The van der Waals surface area contributed by atoms with Gasteiger partial charge in [-0.2, -0.15) is 0 Å². The number of carbonyl (C=O) groups excluding carboxylic acids is 2. The molecule has 0 spiro atoms. The van der Waals surface area contributed by atoms with Crippen molar-refractivity contribution in [3.05, 3.63) is 35.9 Å². The largest absolute Gasteiger partial charge is 0.338 e. The number of benzene rings is 1. The lowest BCUT2D eigenvalue weighted by Crippen LogP contribution is -2.54. The second-order valence-electron chi connectivity index (χ2n) is 5.26. The molecule has 1 atom stereocenters. The van der Waals surface area contributed by atoms with Crippen LogP contribution in [-0.4, -0.2) is 65.5 Å². The average molecular weight is 342 g/mol. The summed E-state index contributed by atoms with van der Waals surface area (Å²) < 4.78 is 0. The summed E-state index contributed by atoms with van der Waals surface area (Å²) in [5.41, 5.74) is 0.714. The maximum absolute atomic E-state index is 12.3. The number of hydrogen-bond donors (Lipinski definition) is 1. The van der Waals surface area contributed by atoms with Gasteiger partial charge in [0.2, 0.25) is 5.91 Å². The lowest BCUT2D eigenvalue weighted by Gasteiger charge is -2.35. The van der Waals surface area contributed by atoms with E-state index in [1.165, 1.54) is 0 Å². The van der Waals surface area contributed by atoms with E-state index in [9.17, 15) is 9.59 Å². The Hall–Kier alpha value is -1.24. The molecular weight excluding hydrogens is 322 g/mol. The highest BCUT2D eigenvalue weighted by molar-refractivity contribution is 7.99. The Bertz CT molecular complexity index is 515. The molecule has 0 radical (unpaired) electrons. The fraction of sp³-hybridized carbons (Fsp3) is 0.467. The smallest absolute Gasteiger partial charge is 0.253 e. The molecule has 2 amide bonds. The van der Waals surface area contributed by atoms with Gasteiger partial charge in [0.25, 0.3) is 5.91 Å². The lowest BCUT2D eigenvalue weighted by atomic mass is 10.1. The summed E-state index contributed by atoms with van der Waals surface area (Å²) in [6, 6.07) is 9.26. The minimum absolute atomic E-state index is 0. The van der Waals surface area contributed by atoms with E-state index in [0.717, 1.165) is 11.6 Å². The summed E-state index contributed by atoms with van der Waals surface area (Å²) in [5, 5.41) is 3.20. The van der Waals surface area contributed by atoms with E-state index in [0.29, 0.717) is 31.7 Å². The quantitative estimate of drug-likeness (QED) is 0.874. The van der Waals surface area contributed by atoms with Gasteiger partial charge < -0.3 is 9.80 Å². The topological polar surface area (TPSA) is 52.7 Å². The van der Waals surface area contributed by atoms with Crippen molar-refractivity contribution >= 4 is 36.0 Å². The number of nitrogens with one attached hydrogen (secondary N) is 1. The van der Waals surface area contributed by atoms with Crippen molar-refractivity contribution in [1.29, 1.82) is 0 Å². The van der Waals surface area contributed by atoms with Crippen molar-refractivity contribution in [2.45, 2.75) is 6.04 Å². The number of piperazine rings is 1. The molecule has 2 aliphatic heterocycles. The Kier molecular flexibility index (Phi) is 6.11. The maximum atomic E-state index is 12.3. The molecule has 2 heterocycles. The second-order valence-corrected chi connectivity index (χ2v) is 6.29. The van der Waals surface area contributed by atoms with Crippen LogP contribution in [0.4, 0.5) is 0 Å². The molecule has 2 fully saturated rings. The lowest BCUT2D eigenvalue weighted by molar-refractivity contribution is -0.134. The van der Waals surface area contributed by atoms with Crippen LogP contribution >= 0.6 is 24.2 Å². The van der Waals surface area contributed by atoms with Gasteiger partial charge in [-0.25, -0.2) is 0 Å².